The molecule has 1 atom stereocenters. The number of β-amino-alcohol motifs (C(OH)–C–C–N with tert-alkyl or cyclic N) is 1. The highest BCUT2D eigenvalue weighted by molar-refractivity contribution is 6.09. The zero-order valence-corrected chi connectivity index (χ0v) is 27.5. The topological polar surface area (TPSA) is 147 Å². The number of fused-ring (bicyclic) bond motifs is 1. The lowest BCUT2D eigenvalue weighted by molar-refractivity contribution is 0.0768. The number of ether oxygens (including phenoxy) is 2. The molecule has 3 heterocycles. The molecule has 13 heteroatoms. The number of piperazine rings is 2. The van der Waals surface area contributed by atoms with E-state index in [4.69, 9.17) is 19.4 Å². The van der Waals surface area contributed by atoms with Crippen LogP contribution < -0.4 is 19.9 Å². The number of nitrogens with zero attached hydrogens (tertiary/aromatic N) is 7. The summed E-state index contributed by atoms with van der Waals surface area (Å²) >= 11 is 0. The second-order valence-electron chi connectivity index (χ2n) is 12.0. The van der Waals surface area contributed by atoms with Crippen LogP contribution >= 0.6 is 0 Å². The first-order valence-electron chi connectivity index (χ1n) is 16.4. The van der Waals surface area contributed by atoms with Gasteiger partial charge >= 0.3 is 6.09 Å². The van der Waals surface area contributed by atoms with Crippen molar-refractivity contribution in [3.8, 4) is 11.8 Å². The van der Waals surface area contributed by atoms with Gasteiger partial charge in [0.25, 0.3) is 5.91 Å². The number of hydrogen-bond acceptors (Lipinski definition) is 11. The normalized spacial score (nSPS) is 16.7. The first kappa shape index (κ1) is 33.5. The Hall–Kier alpha value is -5.45. The molecular weight excluding hydrogens is 624 g/mol. The second-order valence-corrected chi connectivity index (χ2v) is 12.0. The Morgan fingerprint density at radius 2 is 1.71 bits per heavy atom. The summed E-state index contributed by atoms with van der Waals surface area (Å²) in [5.41, 5.74) is 1.66. The SMILES string of the molecule is COc1cc(NC(=O)c2cc(N3CCN(C(=O)OCc4ccccc4)[C@@H](CC#N)C3)nc(N3CCN(CCO)CC3)n2)c2ccccc2c1. The number of amides is 2. The molecule has 6 rings (SSSR count). The molecule has 0 saturated carbocycles. The molecule has 2 saturated heterocycles. The minimum atomic E-state index is -0.474. The lowest BCUT2D eigenvalue weighted by Crippen LogP contribution is -2.55. The van der Waals surface area contributed by atoms with Crippen molar-refractivity contribution in [1.82, 2.24) is 19.8 Å². The molecular formula is C36H40N8O5. The summed E-state index contributed by atoms with van der Waals surface area (Å²) in [5, 5.41) is 23.9. The van der Waals surface area contributed by atoms with E-state index < -0.39 is 18.0 Å². The van der Waals surface area contributed by atoms with Crippen LogP contribution in [-0.2, 0) is 11.3 Å². The monoisotopic (exact) mass is 664 g/mol. The predicted octanol–water partition coefficient (Wildman–Crippen LogP) is 3.75. The number of aliphatic hydroxyl groups is 1. The lowest BCUT2D eigenvalue weighted by atomic mass is 10.1. The van der Waals surface area contributed by atoms with Crippen LogP contribution in [0.2, 0.25) is 0 Å². The summed E-state index contributed by atoms with van der Waals surface area (Å²) in [4.78, 5) is 44.5. The van der Waals surface area contributed by atoms with Gasteiger partial charge in [-0.2, -0.15) is 10.2 Å². The Morgan fingerprint density at radius 3 is 2.47 bits per heavy atom. The molecule has 2 N–H and O–H groups in total. The van der Waals surface area contributed by atoms with E-state index in [1.165, 1.54) is 0 Å². The van der Waals surface area contributed by atoms with Gasteiger partial charge < -0.3 is 34.6 Å². The fourth-order valence-electron chi connectivity index (χ4n) is 6.23. The average molecular weight is 665 g/mol. The third kappa shape index (κ3) is 7.99. The van der Waals surface area contributed by atoms with Gasteiger partial charge in [-0.3, -0.25) is 9.69 Å². The van der Waals surface area contributed by atoms with Gasteiger partial charge in [0.15, 0.2) is 0 Å². The molecule has 254 valence electrons. The zero-order chi connectivity index (χ0) is 34.2. The van der Waals surface area contributed by atoms with Gasteiger partial charge in [0.05, 0.1) is 37.9 Å². The zero-order valence-electron chi connectivity index (χ0n) is 27.5. The Bertz CT molecular complexity index is 1810. The maximum Gasteiger partial charge on any atom is 0.410 e. The van der Waals surface area contributed by atoms with Crippen LogP contribution in [0.15, 0.2) is 72.8 Å². The molecule has 1 aromatic heterocycles. The number of methoxy groups -OCH3 is 1. The van der Waals surface area contributed by atoms with E-state index in [0.717, 1.165) is 29.4 Å². The van der Waals surface area contributed by atoms with Gasteiger partial charge in [-0.15, -0.1) is 0 Å². The van der Waals surface area contributed by atoms with Crippen LogP contribution in [0.1, 0.15) is 22.5 Å². The number of benzene rings is 3. The van der Waals surface area contributed by atoms with E-state index in [-0.39, 0.29) is 25.3 Å². The number of hydrogen-bond donors (Lipinski definition) is 2. The summed E-state index contributed by atoms with van der Waals surface area (Å²) < 4.78 is 11.1. The van der Waals surface area contributed by atoms with Gasteiger partial charge in [-0.05, 0) is 17.0 Å². The van der Waals surface area contributed by atoms with Crippen molar-refractivity contribution in [2.24, 2.45) is 0 Å². The van der Waals surface area contributed by atoms with E-state index in [1.807, 2.05) is 70.5 Å². The van der Waals surface area contributed by atoms with Crippen molar-refractivity contribution in [3.05, 3.63) is 84.1 Å². The van der Waals surface area contributed by atoms with E-state index in [1.54, 1.807) is 24.1 Å². The molecule has 0 bridgehead atoms. The van der Waals surface area contributed by atoms with Gasteiger partial charge in [-0.25, -0.2) is 9.78 Å². The van der Waals surface area contributed by atoms with Crippen molar-refractivity contribution >= 4 is 40.2 Å². The number of nitrogens with one attached hydrogen (secondary N) is 1. The molecule has 0 unspecified atom stereocenters. The molecule has 3 aromatic carbocycles. The fraction of sp³-hybridized carbons (Fsp3) is 0.361. The van der Waals surface area contributed by atoms with Crippen molar-refractivity contribution in [1.29, 1.82) is 5.26 Å². The van der Waals surface area contributed by atoms with Crippen LogP contribution in [0, 0.1) is 11.3 Å². The van der Waals surface area contributed by atoms with Crippen molar-refractivity contribution in [2.45, 2.75) is 19.1 Å². The summed E-state index contributed by atoms with van der Waals surface area (Å²) in [7, 11) is 1.58. The minimum Gasteiger partial charge on any atom is -0.497 e. The van der Waals surface area contributed by atoms with E-state index in [0.29, 0.717) is 62.5 Å². The molecule has 13 nitrogen and oxygen atoms in total. The van der Waals surface area contributed by atoms with Crippen LogP contribution in [0.3, 0.4) is 0 Å². The Morgan fingerprint density at radius 1 is 0.959 bits per heavy atom. The first-order chi connectivity index (χ1) is 23.9. The molecule has 0 spiro atoms. The van der Waals surface area contributed by atoms with Crippen LogP contribution in [-0.4, -0.2) is 109 Å². The summed E-state index contributed by atoms with van der Waals surface area (Å²) in [6.07, 6.45) is -0.365. The van der Waals surface area contributed by atoms with Gasteiger partial charge in [0.2, 0.25) is 5.95 Å². The number of aliphatic hydroxyl groups excluding tert-OH is 1. The molecule has 0 aliphatic carbocycles. The van der Waals surface area contributed by atoms with Crippen molar-refractivity contribution in [2.75, 3.05) is 81.2 Å². The van der Waals surface area contributed by atoms with E-state index in [9.17, 15) is 20.0 Å². The highest BCUT2D eigenvalue weighted by atomic mass is 16.6. The quantitative estimate of drug-likeness (QED) is 0.256. The number of rotatable bonds is 10. The highest BCUT2D eigenvalue weighted by Crippen LogP contribution is 2.30. The first-order valence-corrected chi connectivity index (χ1v) is 16.4. The molecule has 4 aromatic rings. The maximum atomic E-state index is 13.9. The minimum absolute atomic E-state index is 0.0882. The third-order valence-electron chi connectivity index (χ3n) is 8.90. The summed E-state index contributed by atoms with van der Waals surface area (Å²) in [6.45, 7) is 4.59. The molecule has 2 fully saturated rings. The molecule has 2 amide bonds. The number of nitriles is 1. The summed E-state index contributed by atoms with van der Waals surface area (Å²) in [6, 6.07) is 24.3. The predicted molar refractivity (Wildman–Crippen MR) is 186 cm³/mol. The van der Waals surface area contributed by atoms with E-state index in [2.05, 4.69) is 16.3 Å². The number of carbonyl (C=O) groups is 2. The van der Waals surface area contributed by atoms with Gasteiger partial charge in [-0.1, -0.05) is 54.6 Å². The standard InChI is InChI=1S/C36H40N8O5/c1-48-29-21-27-9-5-6-10-30(27)31(22-29)38-34(46)32-23-33(40-35(39-32)42-15-13-41(14-16-42)19-20-45)43-17-18-44(28(24-43)11-12-37)36(47)49-25-26-7-3-2-4-8-26/h2-10,21-23,28,45H,11,13-20,24-25H2,1H3,(H,38,46)/t28-/m0/s1. The molecule has 0 radical (unpaired) electrons. The summed E-state index contributed by atoms with van der Waals surface area (Å²) in [5.74, 6) is 1.16. The fourth-order valence-corrected chi connectivity index (χ4v) is 6.23. The number of anilines is 3. The van der Waals surface area contributed by atoms with Gasteiger partial charge in [0, 0.05) is 69.9 Å². The van der Waals surface area contributed by atoms with Crippen LogP contribution in [0.4, 0.5) is 22.2 Å². The molecule has 2 aliphatic heterocycles. The Labute approximate surface area is 285 Å². The second kappa shape index (κ2) is 15.6. The number of carbonyl (C=O) groups excluding carboxylic acids is 2. The average Bonchev–Trinajstić information content (AvgIpc) is 3.14. The molecule has 2 aliphatic rings. The lowest BCUT2D eigenvalue weighted by Gasteiger charge is -2.41. The van der Waals surface area contributed by atoms with Gasteiger partial charge in [0.1, 0.15) is 23.9 Å². The third-order valence-corrected chi connectivity index (χ3v) is 8.90. The van der Waals surface area contributed by atoms with E-state index >= 15 is 0 Å². The maximum absolute atomic E-state index is 13.9. The smallest absolute Gasteiger partial charge is 0.410 e. The largest absolute Gasteiger partial charge is 0.497 e. The molecule has 49 heavy (non-hydrogen) atoms. The van der Waals surface area contributed by atoms with Crippen molar-refractivity contribution in [3.63, 3.8) is 0 Å². The van der Waals surface area contributed by atoms with Crippen LogP contribution in [0.5, 0.6) is 5.75 Å². The Balaban J connectivity index is 1.26. The highest BCUT2D eigenvalue weighted by Gasteiger charge is 2.33. The van der Waals surface area contributed by atoms with Crippen LogP contribution in [0.25, 0.3) is 10.8 Å². The number of aromatic nitrogens is 2. The van der Waals surface area contributed by atoms with Crippen molar-refractivity contribution < 1.29 is 24.2 Å². The Kier molecular flexibility index (Phi) is 10.7.